The van der Waals surface area contributed by atoms with E-state index in [4.69, 9.17) is 14.2 Å². The van der Waals surface area contributed by atoms with E-state index in [1.54, 1.807) is 6.07 Å². The first-order valence-electron chi connectivity index (χ1n) is 10.2. The number of aryl methyl sites for hydroxylation is 2. The number of carbonyl (C=O) groups excluding carboxylic acids is 2. The van der Waals surface area contributed by atoms with Crippen molar-refractivity contribution in [3.05, 3.63) is 64.5 Å². The van der Waals surface area contributed by atoms with E-state index in [1.807, 2.05) is 36.4 Å². The highest BCUT2D eigenvalue weighted by molar-refractivity contribution is 7.17. The molecule has 0 saturated heterocycles. The second kappa shape index (κ2) is 8.43. The molecule has 2 heterocycles. The summed E-state index contributed by atoms with van der Waals surface area (Å²) < 4.78 is 16.4. The van der Waals surface area contributed by atoms with E-state index in [2.05, 4.69) is 11.4 Å². The molecule has 6 nitrogen and oxygen atoms in total. The van der Waals surface area contributed by atoms with Crippen LogP contribution in [0.4, 0.5) is 5.69 Å². The smallest absolute Gasteiger partial charge is 0.348 e. The fourth-order valence-corrected chi connectivity index (χ4v) is 4.74. The number of hydrogen-bond donors (Lipinski definition) is 1. The first-order chi connectivity index (χ1) is 15.2. The molecule has 1 aliphatic carbocycles. The SMILES string of the molecule is O=C(COC(=O)c1ccc(-c2ccc3c(c2)OCCO3)s1)Nc1ccc2c(c1)CCC2. The van der Waals surface area contributed by atoms with Gasteiger partial charge in [0.2, 0.25) is 0 Å². The maximum absolute atomic E-state index is 12.4. The predicted molar refractivity (Wildman–Crippen MR) is 118 cm³/mol. The van der Waals surface area contributed by atoms with E-state index < -0.39 is 5.97 Å². The minimum absolute atomic E-state index is 0.326. The van der Waals surface area contributed by atoms with E-state index in [9.17, 15) is 9.59 Å². The summed E-state index contributed by atoms with van der Waals surface area (Å²) in [6.45, 7) is 0.737. The zero-order valence-corrected chi connectivity index (χ0v) is 17.6. The van der Waals surface area contributed by atoms with Crippen molar-refractivity contribution in [2.45, 2.75) is 19.3 Å². The Hall–Kier alpha value is -3.32. The zero-order chi connectivity index (χ0) is 21.2. The molecule has 2 aromatic carbocycles. The Balaban J connectivity index is 1.18. The van der Waals surface area contributed by atoms with Crippen LogP contribution in [0.5, 0.6) is 11.5 Å². The van der Waals surface area contributed by atoms with Gasteiger partial charge in [0.15, 0.2) is 18.1 Å². The molecule has 0 spiro atoms. The van der Waals surface area contributed by atoms with Crippen LogP contribution in [-0.2, 0) is 22.4 Å². The summed E-state index contributed by atoms with van der Waals surface area (Å²) in [6, 6.07) is 15.2. The van der Waals surface area contributed by atoms with Crippen LogP contribution in [0.15, 0.2) is 48.5 Å². The number of anilines is 1. The van der Waals surface area contributed by atoms with Crippen LogP contribution >= 0.6 is 11.3 Å². The largest absolute Gasteiger partial charge is 0.486 e. The van der Waals surface area contributed by atoms with Crippen molar-refractivity contribution >= 4 is 28.9 Å². The number of nitrogens with one attached hydrogen (secondary N) is 1. The molecule has 1 amide bonds. The van der Waals surface area contributed by atoms with E-state index in [0.717, 1.165) is 41.1 Å². The summed E-state index contributed by atoms with van der Waals surface area (Å²) in [6.07, 6.45) is 3.29. The van der Waals surface area contributed by atoms with E-state index in [-0.39, 0.29) is 12.5 Å². The maximum atomic E-state index is 12.4. The average Bonchev–Trinajstić information content (AvgIpc) is 3.47. The summed E-state index contributed by atoms with van der Waals surface area (Å²) >= 11 is 1.31. The number of benzene rings is 2. The first-order valence-corrected chi connectivity index (χ1v) is 11.1. The van der Waals surface area contributed by atoms with Crippen LogP contribution in [0.2, 0.25) is 0 Å². The van der Waals surface area contributed by atoms with Gasteiger partial charge in [-0.05, 0) is 78.4 Å². The van der Waals surface area contributed by atoms with Gasteiger partial charge in [-0.2, -0.15) is 0 Å². The lowest BCUT2D eigenvalue weighted by Crippen LogP contribution is -2.20. The summed E-state index contributed by atoms with van der Waals surface area (Å²) in [7, 11) is 0. The van der Waals surface area contributed by atoms with Gasteiger partial charge in [-0.15, -0.1) is 11.3 Å². The van der Waals surface area contributed by atoms with Crippen molar-refractivity contribution in [2.24, 2.45) is 0 Å². The predicted octanol–water partition coefficient (Wildman–Crippen LogP) is 4.47. The van der Waals surface area contributed by atoms with Gasteiger partial charge in [-0.1, -0.05) is 6.07 Å². The number of fused-ring (bicyclic) bond motifs is 2. The molecule has 0 unspecified atom stereocenters. The van der Waals surface area contributed by atoms with Gasteiger partial charge in [0.1, 0.15) is 18.1 Å². The molecular formula is C24H21NO5S. The molecule has 1 N–H and O–H groups in total. The Kier molecular flexibility index (Phi) is 5.34. The van der Waals surface area contributed by atoms with Gasteiger partial charge in [0, 0.05) is 10.6 Å². The average molecular weight is 436 g/mol. The Labute approximate surface area is 183 Å². The highest BCUT2D eigenvalue weighted by atomic mass is 32.1. The minimum Gasteiger partial charge on any atom is -0.486 e. The van der Waals surface area contributed by atoms with Crippen LogP contribution in [0.25, 0.3) is 10.4 Å². The molecule has 2 aliphatic rings. The van der Waals surface area contributed by atoms with Crippen molar-refractivity contribution in [1.82, 2.24) is 0 Å². The lowest BCUT2D eigenvalue weighted by atomic mass is 10.1. The number of esters is 1. The fraction of sp³-hybridized carbons (Fsp3) is 0.250. The highest BCUT2D eigenvalue weighted by Crippen LogP contribution is 2.37. The second-order valence-corrected chi connectivity index (χ2v) is 8.57. The molecule has 0 bridgehead atoms. The molecule has 0 saturated carbocycles. The molecule has 1 aliphatic heterocycles. The quantitative estimate of drug-likeness (QED) is 0.599. The molecule has 0 fully saturated rings. The Morgan fingerprint density at radius 1 is 0.935 bits per heavy atom. The Morgan fingerprint density at radius 2 is 1.77 bits per heavy atom. The number of hydrogen-bond acceptors (Lipinski definition) is 6. The van der Waals surface area contributed by atoms with E-state index in [1.165, 1.54) is 22.5 Å². The van der Waals surface area contributed by atoms with Crippen LogP contribution in [0.1, 0.15) is 27.2 Å². The van der Waals surface area contributed by atoms with Crippen molar-refractivity contribution in [3.8, 4) is 21.9 Å². The maximum Gasteiger partial charge on any atom is 0.348 e. The normalized spacial score (nSPS) is 14.1. The molecule has 1 aromatic heterocycles. The summed E-state index contributed by atoms with van der Waals surface area (Å²) in [5.41, 5.74) is 4.29. The minimum atomic E-state index is -0.516. The topological polar surface area (TPSA) is 73.9 Å². The molecule has 3 aromatic rings. The third-order valence-corrected chi connectivity index (χ3v) is 6.46. The van der Waals surface area contributed by atoms with Gasteiger partial charge in [0.25, 0.3) is 5.91 Å². The fourth-order valence-electron chi connectivity index (χ4n) is 3.85. The summed E-state index contributed by atoms with van der Waals surface area (Å²) in [5.74, 6) is 0.554. The molecule has 0 atom stereocenters. The van der Waals surface area contributed by atoms with Crippen molar-refractivity contribution in [1.29, 1.82) is 0 Å². The lowest BCUT2D eigenvalue weighted by molar-refractivity contribution is -0.119. The van der Waals surface area contributed by atoms with Gasteiger partial charge < -0.3 is 19.5 Å². The summed E-state index contributed by atoms with van der Waals surface area (Å²) in [5, 5.41) is 2.80. The van der Waals surface area contributed by atoms with E-state index >= 15 is 0 Å². The third kappa shape index (κ3) is 4.27. The standard InChI is InChI=1S/C24H21NO5S/c26-23(25-18-6-4-15-2-1-3-16(15)12-18)14-30-24(27)22-9-8-21(31-22)17-5-7-19-20(13-17)29-11-10-28-19/h4-9,12-13H,1-3,10-11,14H2,(H,25,26). The number of ether oxygens (including phenoxy) is 3. The zero-order valence-electron chi connectivity index (χ0n) is 16.8. The van der Waals surface area contributed by atoms with Crippen LogP contribution in [0, 0.1) is 0 Å². The molecule has 31 heavy (non-hydrogen) atoms. The monoisotopic (exact) mass is 435 g/mol. The second-order valence-electron chi connectivity index (χ2n) is 7.48. The number of thiophene rings is 1. The highest BCUT2D eigenvalue weighted by Gasteiger charge is 2.17. The third-order valence-electron chi connectivity index (χ3n) is 5.35. The van der Waals surface area contributed by atoms with Gasteiger partial charge in [-0.3, -0.25) is 4.79 Å². The number of carbonyl (C=O) groups is 2. The number of amides is 1. The number of rotatable bonds is 5. The molecule has 158 valence electrons. The van der Waals surface area contributed by atoms with E-state index in [0.29, 0.717) is 23.8 Å². The van der Waals surface area contributed by atoms with Gasteiger partial charge in [0.05, 0.1) is 0 Å². The Morgan fingerprint density at radius 3 is 2.68 bits per heavy atom. The van der Waals surface area contributed by atoms with Gasteiger partial charge in [-0.25, -0.2) is 4.79 Å². The van der Waals surface area contributed by atoms with Crippen molar-refractivity contribution < 1.29 is 23.8 Å². The van der Waals surface area contributed by atoms with Crippen LogP contribution in [-0.4, -0.2) is 31.7 Å². The van der Waals surface area contributed by atoms with Crippen molar-refractivity contribution in [3.63, 3.8) is 0 Å². The first kappa shape index (κ1) is 19.6. The van der Waals surface area contributed by atoms with Crippen LogP contribution < -0.4 is 14.8 Å². The molecule has 0 radical (unpaired) electrons. The molecule has 5 rings (SSSR count). The van der Waals surface area contributed by atoms with Gasteiger partial charge >= 0.3 is 5.97 Å². The Bertz CT molecular complexity index is 1150. The molecular weight excluding hydrogens is 414 g/mol. The lowest BCUT2D eigenvalue weighted by Gasteiger charge is -2.18. The summed E-state index contributed by atoms with van der Waals surface area (Å²) in [4.78, 5) is 25.9. The van der Waals surface area contributed by atoms with Crippen LogP contribution in [0.3, 0.4) is 0 Å². The van der Waals surface area contributed by atoms with Crippen molar-refractivity contribution in [2.75, 3.05) is 25.1 Å². The molecule has 7 heteroatoms.